The predicted molar refractivity (Wildman–Crippen MR) is 55.5 cm³/mol. The van der Waals surface area contributed by atoms with E-state index in [-0.39, 0.29) is 11.9 Å². The lowest BCUT2D eigenvalue weighted by atomic mass is 10.0. The van der Waals surface area contributed by atoms with E-state index < -0.39 is 12.0 Å². The molecule has 0 bridgehead atoms. The van der Waals surface area contributed by atoms with Crippen LogP contribution in [0.1, 0.15) is 26.7 Å². The molecule has 0 saturated carbocycles. The molecule has 86 valence electrons. The molecule has 5 nitrogen and oxygen atoms in total. The van der Waals surface area contributed by atoms with Gasteiger partial charge >= 0.3 is 5.97 Å². The molecule has 0 aromatic carbocycles. The van der Waals surface area contributed by atoms with Crippen LogP contribution < -0.4 is 5.32 Å². The van der Waals surface area contributed by atoms with Gasteiger partial charge in [0, 0.05) is 19.5 Å². The highest BCUT2D eigenvalue weighted by Gasteiger charge is 2.34. The van der Waals surface area contributed by atoms with Crippen molar-refractivity contribution in [3.05, 3.63) is 0 Å². The van der Waals surface area contributed by atoms with Gasteiger partial charge in [0.2, 0.25) is 5.91 Å². The van der Waals surface area contributed by atoms with Crippen LogP contribution in [0.4, 0.5) is 0 Å². The first-order valence-electron chi connectivity index (χ1n) is 5.33. The van der Waals surface area contributed by atoms with Crippen LogP contribution in [0, 0.1) is 0 Å². The quantitative estimate of drug-likeness (QED) is 0.697. The molecule has 0 aromatic rings. The van der Waals surface area contributed by atoms with Gasteiger partial charge in [-0.15, -0.1) is 0 Å². The Kier molecular flexibility index (Phi) is 4.08. The lowest BCUT2D eigenvalue weighted by Gasteiger charge is -2.38. The van der Waals surface area contributed by atoms with Gasteiger partial charge in [-0.1, -0.05) is 6.92 Å². The molecule has 0 aromatic heterocycles. The maximum atomic E-state index is 11.7. The third-order valence-corrected chi connectivity index (χ3v) is 2.74. The molecule has 0 spiro atoms. The third kappa shape index (κ3) is 2.68. The van der Waals surface area contributed by atoms with E-state index in [4.69, 9.17) is 5.11 Å². The Morgan fingerprint density at radius 3 is 2.73 bits per heavy atom. The Morgan fingerprint density at radius 2 is 2.20 bits per heavy atom. The minimum atomic E-state index is -0.892. The van der Waals surface area contributed by atoms with E-state index in [9.17, 15) is 9.59 Å². The smallest absolute Gasteiger partial charge is 0.322 e. The highest BCUT2D eigenvalue weighted by molar-refractivity contribution is 5.80. The minimum absolute atomic E-state index is 0.0535. The first kappa shape index (κ1) is 12.0. The molecule has 1 saturated heterocycles. The molecule has 0 aliphatic carbocycles. The lowest BCUT2D eigenvalue weighted by molar-refractivity contribution is -0.145. The Bertz CT molecular complexity index is 255. The molecule has 1 heterocycles. The zero-order valence-electron chi connectivity index (χ0n) is 9.19. The number of carboxylic acid groups (broad SMARTS) is 1. The van der Waals surface area contributed by atoms with Gasteiger partial charge < -0.3 is 15.3 Å². The van der Waals surface area contributed by atoms with Crippen molar-refractivity contribution in [1.82, 2.24) is 10.2 Å². The summed E-state index contributed by atoms with van der Waals surface area (Å²) in [7, 11) is 0. The van der Waals surface area contributed by atoms with E-state index in [0.29, 0.717) is 19.5 Å². The van der Waals surface area contributed by atoms with Gasteiger partial charge in [0.05, 0.1) is 6.04 Å². The topological polar surface area (TPSA) is 69.6 Å². The second-order valence-corrected chi connectivity index (χ2v) is 3.85. The van der Waals surface area contributed by atoms with E-state index in [1.807, 2.05) is 6.92 Å². The molecule has 1 aliphatic rings. The Balaban J connectivity index is 2.65. The van der Waals surface area contributed by atoms with Crippen LogP contribution in [0.2, 0.25) is 0 Å². The molecule has 1 rings (SSSR count). The van der Waals surface area contributed by atoms with Crippen molar-refractivity contribution in [2.75, 3.05) is 13.1 Å². The number of rotatable bonds is 3. The number of hydrogen-bond acceptors (Lipinski definition) is 3. The predicted octanol–water partition coefficient (Wildman–Crippen LogP) is 0.0600. The van der Waals surface area contributed by atoms with Gasteiger partial charge in [-0.25, -0.2) is 0 Å². The van der Waals surface area contributed by atoms with Gasteiger partial charge in [0.15, 0.2) is 0 Å². The van der Waals surface area contributed by atoms with Crippen molar-refractivity contribution >= 4 is 11.9 Å². The monoisotopic (exact) mass is 214 g/mol. The number of amides is 1. The maximum absolute atomic E-state index is 11.7. The van der Waals surface area contributed by atoms with Crippen molar-refractivity contribution in [2.24, 2.45) is 0 Å². The second kappa shape index (κ2) is 5.11. The van der Waals surface area contributed by atoms with E-state index in [1.54, 1.807) is 11.8 Å². The van der Waals surface area contributed by atoms with E-state index in [0.717, 1.165) is 6.42 Å². The first-order chi connectivity index (χ1) is 7.07. The number of hydrogen-bond donors (Lipinski definition) is 2. The SMILES string of the molecule is CCCC(=O)N1CCNC(C(=O)O)C1C. The number of piperazine rings is 1. The summed E-state index contributed by atoms with van der Waals surface area (Å²) >= 11 is 0. The van der Waals surface area contributed by atoms with Crippen LogP contribution in [0.25, 0.3) is 0 Å². The molecule has 1 fully saturated rings. The molecule has 0 radical (unpaired) electrons. The molecule has 2 unspecified atom stereocenters. The van der Waals surface area contributed by atoms with Gasteiger partial charge in [-0.2, -0.15) is 0 Å². The zero-order chi connectivity index (χ0) is 11.4. The summed E-state index contributed by atoms with van der Waals surface area (Å²) in [5.74, 6) is -0.839. The molecular weight excluding hydrogens is 196 g/mol. The minimum Gasteiger partial charge on any atom is -0.480 e. The van der Waals surface area contributed by atoms with Crippen LogP contribution in [0.3, 0.4) is 0 Å². The fraction of sp³-hybridized carbons (Fsp3) is 0.800. The van der Waals surface area contributed by atoms with Crippen molar-refractivity contribution in [1.29, 1.82) is 0 Å². The first-order valence-corrected chi connectivity index (χ1v) is 5.33. The molecule has 1 aliphatic heterocycles. The van der Waals surface area contributed by atoms with E-state index in [1.165, 1.54) is 0 Å². The van der Waals surface area contributed by atoms with E-state index >= 15 is 0 Å². The lowest BCUT2D eigenvalue weighted by Crippen LogP contribution is -2.61. The number of carbonyl (C=O) groups excluding carboxylic acids is 1. The Morgan fingerprint density at radius 1 is 1.53 bits per heavy atom. The van der Waals surface area contributed by atoms with Crippen LogP contribution >= 0.6 is 0 Å². The number of nitrogens with one attached hydrogen (secondary N) is 1. The molecule has 5 heteroatoms. The maximum Gasteiger partial charge on any atom is 0.322 e. The van der Waals surface area contributed by atoms with Crippen molar-refractivity contribution < 1.29 is 14.7 Å². The highest BCUT2D eigenvalue weighted by atomic mass is 16.4. The molecule has 2 N–H and O–H groups in total. The Labute approximate surface area is 89.4 Å². The molecule has 15 heavy (non-hydrogen) atoms. The summed E-state index contributed by atoms with van der Waals surface area (Å²) in [5.41, 5.74) is 0. The van der Waals surface area contributed by atoms with Gasteiger partial charge in [0.1, 0.15) is 6.04 Å². The second-order valence-electron chi connectivity index (χ2n) is 3.85. The van der Waals surface area contributed by atoms with Crippen molar-refractivity contribution in [3.8, 4) is 0 Å². The normalized spacial score (nSPS) is 26.4. The summed E-state index contributed by atoms with van der Waals surface area (Å²) in [6.45, 7) is 4.87. The largest absolute Gasteiger partial charge is 0.480 e. The van der Waals surface area contributed by atoms with E-state index in [2.05, 4.69) is 5.32 Å². The van der Waals surface area contributed by atoms with Crippen molar-refractivity contribution in [3.63, 3.8) is 0 Å². The number of nitrogens with zero attached hydrogens (tertiary/aromatic N) is 1. The third-order valence-electron chi connectivity index (χ3n) is 2.74. The van der Waals surface area contributed by atoms with Crippen LogP contribution in [-0.2, 0) is 9.59 Å². The fourth-order valence-corrected chi connectivity index (χ4v) is 1.90. The summed E-state index contributed by atoms with van der Waals surface area (Å²) in [6, 6.07) is -0.908. The fourth-order valence-electron chi connectivity index (χ4n) is 1.90. The standard InChI is InChI=1S/C10H18N2O3/c1-3-4-8(13)12-6-5-11-9(7(12)2)10(14)15/h7,9,11H,3-6H2,1-2H3,(H,14,15). The van der Waals surface area contributed by atoms with Crippen LogP contribution in [0.15, 0.2) is 0 Å². The Hall–Kier alpha value is -1.10. The number of aliphatic carboxylic acids is 1. The van der Waals surface area contributed by atoms with Gasteiger partial charge in [-0.05, 0) is 13.3 Å². The average molecular weight is 214 g/mol. The molecular formula is C10H18N2O3. The van der Waals surface area contributed by atoms with Gasteiger partial charge in [-0.3, -0.25) is 9.59 Å². The van der Waals surface area contributed by atoms with Crippen LogP contribution in [-0.4, -0.2) is 47.1 Å². The summed E-state index contributed by atoms with van der Waals surface area (Å²) in [6.07, 6.45) is 1.30. The summed E-state index contributed by atoms with van der Waals surface area (Å²) < 4.78 is 0. The highest BCUT2D eigenvalue weighted by Crippen LogP contribution is 2.11. The molecule has 1 amide bonds. The number of carboxylic acids is 1. The van der Waals surface area contributed by atoms with Crippen LogP contribution in [0.5, 0.6) is 0 Å². The van der Waals surface area contributed by atoms with Gasteiger partial charge in [0.25, 0.3) is 0 Å². The average Bonchev–Trinajstić information content (AvgIpc) is 2.17. The summed E-state index contributed by atoms with van der Waals surface area (Å²) in [4.78, 5) is 24.2. The van der Waals surface area contributed by atoms with Crippen molar-refractivity contribution in [2.45, 2.75) is 38.8 Å². The molecule has 2 atom stereocenters. The number of carbonyl (C=O) groups is 2. The zero-order valence-corrected chi connectivity index (χ0v) is 9.19. The summed E-state index contributed by atoms with van der Waals surface area (Å²) in [5, 5.41) is 11.8.